The fourth-order valence-electron chi connectivity index (χ4n) is 2.60. The maximum absolute atomic E-state index is 12.7. The van der Waals surface area contributed by atoms with Crippen LogP contribution in [0.3, 0.4) is 0 Å². The standard InChI is InChI=1S/C15H23NO3S/c1-12-4-3-8-16(9-7-12)20(18,19)15-6-5-13(2)14(10-15)11-17/h5-6,10,12,17H,3-4,7-9,11H2,1-2H3. The molecule has 0 saturated carbocycles. The largest absolute Gasteiger partial charge is 0.392 e. The quantitative estimate of drug-likeness (QED) is 0.931. The van der Waals surface area contributed by atoms with Crippen LogP contribution >= 0.6 is 0 Å². The van der Waals surface area contributed by atoms with Gasteiger partial charge in [0, 0.05) is 13.1 Å². The van der Waals surface area contributed by atoms with E-state index in [1.165, 1.54) is 0 Å². The number of hydrogen-bond acceptors (Lipinski definition) is 3. The van der Waals surface area contributed by atoms with Crippen molar-refractivity contribution in [2.45, 2.75) is 44.6 Å². The van der Waals surface area contributed by atoms with Crippen LogP contribution in [0.25, 0.3) is 0 Å². The molecular formula is C15H23NO3S. The Balaban J connectivity index is 2.29. The molecule has 0 bridgehead atoms. The molecule has 0 amide bonds. The summed E-state index contributed by atoms with van der Waals surface area (Å²) >= 11 is 0. The summed E-state index contributed by atoms with van der Waals surface area (Å²) in [7, 11) is -3.44. The average Bonchev–Trinajstić information content (AvgIpc) is 2.64. The molecule has 5 heteroatoms. The molecule has 1 fully saturated rings. The van der Waals surface area contributed by atoms with E-state index in [1.807, 2.05) is 6.92 Å². The van der Waals surface area contributed by atoms with Crippen molar-refractivity contribution in [1.82, 2.24) is 4.31 Å². The predicted octanol–water partition coefficient (Wildman–Crippen LogP) is 2.30. The first-order chi connectivity index (χ1) is 9.45. The molecule has 1 aromatic rings. The highest BCUT2D eigenvalue weighted by Gasteiger charge is 2.26. The molecule has 0 aliphatic carbocycles. The number of sulfonamides is 1. The van der Waals surface area contributed by atoms with Gasteiger partial charge in [0.05, 0.1) is 11.5 Å². The minimum atomic E-state index is -3.44. The van der Waals surface area contributed by atoms with E-state index in [0.717, 1.165) is 24.8 Å². The van der Waals surface area contributed by atoms with Crippen LogP contribution in [0.5, 0.6) is 0 Å². The molecule has 112 valence electrons. The number of aliphatic hydroxyl groups excluding tert-OH is 1. The molecule has 1 saturated heterocycles. The average molecular weight is 297 g/mol. The molecule has 0 aromatic heterocycles. The van der Waals surface area contributed by atoms with Gasteiger partial charge >= 0.3 is 0 Å². The van der Waals surface area contributed by atoms with Gasteiger partial charge in [-0.25, -0.2) is 8.42 Å². The molecule has 1 heterocycles. The van der Waals surface area contributed by atoms with E-state index in [2.05, 4.69) is 6.92 Å². The van der Waals surface area contributed by atoms with Crippen LogP contribution in [0, 0.1) is 12.8 Å². The van der Waals surface area contributed by atoms with Gasteiger partial charge in [-0.3, -0.25) is 0 Å². The third-order valence-electron chi connectivity index (χ3n) is 4.10. The molecular weight excluding hydrogens is 274 g/mol. The minimum Gasteiger partial charge on any atom is -0.392 e. The van der Waals surface area contributed by atoms with Crippen molar-refractivity contribution in [2.24, 2.45) is 5.92 Å². The fourth-order valence-corrected chi connectivity index (χ4v) is 4.15. The Morgan fingerprint density at radius 3 is 2.75 bits per heavy atom. The van der Waals surface area contributed by atoms with Crippen molar-refractivity contribution >= 4 is 10.0 Å². The molecule has 0 spiro atoms. The van der Waals surface area contributed by atoms with Gasteiger partial charge in [0.15, 0.2) is 0 Å². The zero-order valence-corrected chi connectivity index (χ0v) is 13.0. The summed E-state index contributed by atoms with van der Waals surface area (Å²) in [4.78, 5) is 0.293. The summed E-state index contributed by atoms with van der Waals surface area (Å²) in [5, 5.41) is 9.29. The summed E-state index contributed by atoms with van der Waals surface area (Å²) < 4.78 is 26.9. The summed E-state index contributed by atoms with van der Waals surface area (Å²) in [6.45, 7) is 5.09. The van der Waals surface area contributed by atoms with Gasteiger partial charge in [-0.15, -0.1) is 0 Å². The fraction of sp³-hybridized carbons (Fsp3) is 0.600. The van der Waals surface area contributed by atoms with Crippen LogP contribution in [0.4, 0.5) is 0 Å². The van der Waals surface area contributed by atoms with E-state index in [1.54, 1.807) is 22.5 Å². The molecule has 0 radical (unpaired) electrons. The Kier molecular flexibility index (Phi) is 4.83. The molecule has 2 rings (SSSR count). The third kappa shape index (κ3) is 3.22. The Labute approximate surface area is 121 Å². The van der Waals surface area contributed by atoms with E-state index < -0.39 is 10.0 Å². The van der Waals surface area contributed by atoms with Crippen molar-refractivity contribution in [3.8, 4) is 0 Å². The lowest BCUT2D eigenvalue weighted by Gasteiger charge is -2.20. The third-order valence-corrected chi connectivity index (χ3v) is 6.00. The number of rotatable bonds is 3. The first kappa shape index (κ1) is 15.5. The molecule has 1 aromatic carbocycles. The molecule has 1 aliphatic heterocycles. The second-order valence-electron chi connectivity index (χ2n) is 5.69. The number of aliphatic hydroxyl groups is 1. The Morgan fingerprint density at radius 1 is 1.30 bits per heavy atom. The van der Waals surface area contributed by atoms with Gasteiger partial charge in [-0.1, -0.05) is 13.0 Å². The molecule has 1 N–H and O–H groups in total. The van der Waals surface area contributed by atoms with Gasteiger partial charge in [-0.2, -0.15) is 4.31 Å². The van der Waals surface area contributed by atoms with Crippen molar-refractivity contribution in [3.05, 3.63) is 29.3 Å². The summed E-state index contributed by atoms with van der Waals surface area (Å²) in [5.74, 6) is 0.584. The molecule has 4 nitrogen and oxygen atoms in total. The number of hydrogen-bond donors (Lipinski definition) is 1. The lowest BCUT2D eigenvalue weighted by molar-refractivity contribution is 0.280. The molecule has 1 atom stereocenters. The van der Waals surface area contributed by atoms with Crippen LogP contribution in [0.2, 0.25) is 0 Å². The maximum Gasteiger partial charge on any atom is 0.243 e. The second-order valence-corrected chi connectivity index (χ2v) is 7.62. The van der Waals surface area contributed by atoms with Crippen LogP contribution in [-0.4, -0.2) is 30.9 Å². The van der Waals surface area contributed by atoms with Crippen molar-refractivity contribution in [3.63, 3.8) is 0 Å². The number of nitrogens with zero attached hydrogens (tertiary/aromatic N) is 1. The van der Waals surface area contributed by atoms with Crippen molar-refractivity contribution < 1.29 is 13.5 Å². The summed E-state index contributed by atoms with van der Waals surface area (Å²) in [6, 6.07) is 5.00. The normalized spacial score (nSPS) is 21.6. The number of benzene rings is 1. The maximum atomic E-state index is 12.7. The van der Waals surface area contributed by atoms with Crippen molar-refractivity contribution in [1.29, 1.82) is 0 Å². The highest BCUT2D eigenvalue weighted by molar-refractivity contribution is 7.89. The zero-order chi connectivity index (χ0) is 14.8. The zero-order valence-electron chi connectivity index (χ0n) is 12.2. The van der Waals surface area contributed by atoms with Gasteiger partial charge in [-0.05, 0) is 55.4 Å². The Hall–Kier alpha value is -0.910. The van der Waals surface area contributed by atoms with Gasteiger partial charge in [0.25, 0.3) is 0 Å². The first-order valence-corrected chi connectivity index (χ1v) is 8.59. The number of aryl methyl sites for hydroxylation is 1. The smallest absolute Gasteiger partial charge is 0.243 e. The van der Waals surface area contributed by atoms with Crippen molar-refractivity contribution in [2.75, 3.05) is 13.1 Å². The Morgan fingerprint density at radius 2 is 2.05 bits per heavy atom. The van der Waals surface area contributed by atoms with Crippen LogP contribution < -0.4 is 0 Å². The predicted molar refractivity (Wildman–Crippen MR) is 78.9 cm³/mol. The first-order valence-electron chi connectivity index (χ1n) is 7.15. The molecule has 20 heavy (non-hydrogen) atoms. The van der Waals surface area contributed by atoms with E-state index in [0.29, 0.717) is 29.5 Å². The van der Waals surface area contributed by atoms with Gasteiger partial charge in [0.2, 0.25) is 10.0 Å². The second kappa shape index (κ2) is 6.24. The Bertz CT molecular complexity index is 568. The molecule has 1 aliphatic rings. The summed E-state index contributed by atoms with van der Waals surface area (Å²) in [6.07, 6.45) is 2.92. The highest BCUT2D eigenvalue weighted by Crippen LogP contribution is 2.24. The van der Waals surface area contributed by atoms with E-state index in [9.17, 15) is 13.5 Å². The molecule has 1 unspecified atom stereocenters. The van der Waals surface area contributed by atoms with Gasteiger partial charge in [0.1, 0.15) is 0 Å². The lowest BCUT2D eigenvalue weighted by Crippen LogP contribution is -2.32. The lowest BCUT2D eigenvalue weighted by atomic mass is 10.0. The monoisotopic (exact) mass is 297 g/mol. The van der Waals surface area contributed by atoms with E-state index in [-0.39, 0.29) is 6.61 Å². The van der Waals surface area contributed by atoms with E-state index in [4.69, 9.17) is 0 Å². The highest BCUT2D eigenvalue weighted by atomic mass is 32.2. The van der Waals surface area contributed by atoms with E-state index >= 15 is 0 Å². The van der Waals surface area contributed by atoms with Crippen LogP contribution in [-0.2, 0) is 16.6 Å². The van der Waals surface area contributed by atoms with Gasteiger partial charge < -0.3 is 5.11 Å². The van der Waals surface area contributed by atoms with Crippen LogP contribution in [0.1, 0.15) is 37.3 Å². The SMILES string of the molecule is Cc1ccc(S(=O)(=O)N2CCCC(C)CC2)cc1CO. The van der Waals surface area contributed by atoms with Crippen LogP contribution in [0.15, 0.2) is 23.1 Å². The minimum absolute atomic E-state index is 0.133. The summed E-state index contributed by atoms with van der Waals surface area (Å²) in [5.41, 5.74) is 1.59. The topological polar surface area (TPSA) is 57.6 Å².